The summed E-state index contributed by atoms with van der Waals surface area (Å²) < 4.78 is 13.6. The molecule has 20 heavy (non-hydrogen) atoms. The maximum absolute atomic E-state index is 12.5. The van der Waals surface area contributed by atoms with Crippen molar-refractivity contribution in [3.05, 3.63) is 27.0 Å². The molecule has 2 aliphatic rings. The lowest BCUT2D eigenvalue weighted by atomic mass is 10.2. The van der Waals surface area contributed by atoms with Gasteiger partial charge in [-0.1, -0.05) is 0 Å². The van der Waals surface area contributed by atoms with Crippen molar-refractivity contribution in [2.24, 2.45) is 0 Å². The Morgan fingerprint density at radius 3 is 2.25 bits per heavy atom. The quantitative estimate of drug-likeness (QED) is 0.801. The van der Waals surface area contributed by atoms with Crippen molar-refractivity contribution >= 4 is 0 Å². The molecule has 0 bridgehead atoms. The number of aromatic nitrogens is 3. The maximum Gasteiger partial charge on any atom is 0.352 e. The van der Waals surface area contributed by atoms with E-state index in [2.05, 4.69) is 5.10 Å². The molecule has 7 nitrogen and oxygen atoms in total. The molecule has 0 aliphatic carbocycles. The number of ether oxygens (including phenoxy) is 2. The van der Waals surface area contributed by atoms with Crippen LogP contribution in [0.25, 0.3) is 0 Å². The highest BCUT2D eigenvalue weighted by molar-refractivity contribution is 4.81. The Morgan fingerprint density at radius 1 is 1.00 bits per heavy atom. The van der Waals surface area contributed by atoms with Crippen molar-refractivity contribution < 1.29 is 9.47 Å². The second kappa shape index (κ2) is 5.88. The fourth-order valence-electron chi connectivity index (χ4n) is 2.73. The topological polar surface area (TPSA) is 75.4 Å². The van der Waals surface area contributed by atoms with Gasteiger partial charge in [0.2, 0.25) is 0 Å². The van der Waals surface area contributed by atoms with Crippen LogP contribution in [-0.4, -0.2) is 27.6 Å². The molecule has 0 N–H and O–H groups in total. The van der Waals surface area contributed by atoms with Crippen molar-refractivity contribution in [3.63, 3.8) is 0 Å². The first kappa shape index (κ1) is 13.5. The van der Waals surface area contributed by atoms with Gasteiger partial charge in [-0.05, 0) is 38.5 Å². The van der Waals surface area contributed by atoms with Gasteiger partial charge in [0.1, 0.15) is 12.4 Å². The van der Waals surface area contributed by atoms with Crippen LogP contribution in [0.4, 0.5) is 0 Å². The third-order valence-electron chi connectivity index (χ3n) is 3.80. The monoisotopic (exact) mass is 281 g/mol. The minimum Gasteiger partial charge on any atom is -0.358 e. The van der Waals surface area contributed by atoms with E-state index in [4.69, 9.17) is 9.47 Å². The molecule has 0 spiro atoms. The van der Waals surface area contributed by atoms with Gasteiger partial charge >= 0.3 is 5.69 Å². The summed E-state index contributed by atoms with van der Waals surface area (Å²) in [4.78, 5) is 24.4. The van der Waals surface area contributed by atoms with Gasteiger partial charge in [-0.25, -0.2) is 9.36 Å². The van der Waals surface area contributed by atoms with Gasteiger partial charge in [-0.3, -0.25) is 4.79 Å². The van der Waals surface area contributed by atoms with E-state index in [9.17, 15) is 9.59 Å². The minimum absolute atomic E-state index is 0.369. The van der Waals surface area contributed by atoms with Crippen LogP contribution >= 0.6 is 0 Å². The summed E-state index contributed by atoms with van der Waals surface area (Å²) >= 11 is 0. The third-order valence-corrected chi connectivity index (χ3v) is 3.80. The van der Waals surface area contributed by atoms with E-state index in [1.54, 1.807) is 0 Å². The van der Waals surface area contributed by atoms with Crippen LogP contribution in [0.3, 0.4) is 0 Å². The van der Waals surface area contributed by atoms with Crippen molar-refractivity contribution in [3.8, 4) is 0 Å². The van der Waals surface area contributed by atoms with E-state index in [1.807, 2.05) is 0 Å². The Hall–Kier alpha value is -1.47. The predicted molar refractivity (Wildman–Crippen MR) is 70.4 cm³/mol. The molecule has 110 valence electrons. The Labute approximate surface area is 116 Å². The van der Waals surface area contributed by atoms with Gasteiger partial charge in [0.05, 0.1) is 0 Å². The standard InChI is InChI=1S/C13H19N3O4/c17-10-9-14-16(12-6-2-4-8-20-12)13(18)15(10)11-5-1-3-7-19-11/h9,11-12H,1-8H2. The second-order valence-corrected chi connectivity index (χ2v) is 5.22. The molecule has 1 aromatic heterocycles. The van der Waals surface area contributed by atoms with E-state index in [1.165, 1.54) is 15.4 Å². The molecule has 0 saturated carbocycles. The van der Waals surface area contributed by atoms with Crippen LogP contribution in [0.15, 0.2) is 15.8 Å². The summed E-state index contributed by atoms with van der Waals surface area (Å²) in [5.41, 5.74) is -0.842. The third kappa shape index (κ3) is 2.55. The molecular weight excluding hydrogens is 262 g/mol. The zero-order valence-electron chi connectivity index (χ0n) is 11.4. The second-order valence-electron chi connectivity index (χ2n) is 5.22. The summed E-state index contributed by atoms with van der Waals surface area (Å²) in [5, 5.41) is 3.95. The van der Waals surface area contributed by atoms with Crippen molar-refractivity contribution in [2.75, 3.05) is 13.2 Å². The van der Waals surface area contributed by atoms with Gasteiger partial charge in [-0.15, -0.1) is 0 Å². The minimum atomic E-state index is -0.471. The fraction of sp³-hybridized carbons (Fsp3) is 0.769. The highest BCUT2D eigenvalue weighted by atomic mass is 16.5. The van der Waals surface area contributed by atoms with Crippen molar-refractivity contribution in [1.29, 1.82) is 0 Å². The lowest BCUT2D eigenvalue weighted by molar-refractivity contribution is -0.0576. The first-order chi connectivity index (χ1) is 9.77. The van der Waals surface area contributed by atoms with Crippen LogP contribution in [0.1, 0.15) is 51.0 Å². The average molecular weight is 281 g/mol. The van der Waals surface area contributed by atoms with Gasteiger partial charge in [-0.2, -0.15) is 9.78 Å². The molecule has 2 atom stereocenters. The van der Waals surface area contributed by atoms with Crippen LogP contribution < -0.4 is 11.2 Å². The molecule has 2 aliphatic heterocycles. The predicted octanol–water partition coefficient (Wildman–Crippen LogP) is 0.803. The van der Waals surface area contributed by atoms with Crippen molar-refractivity contribution in [1.82, 2.24) is 14.3 Å². The van der Waals surface area contributed by atoms with E-state index in [0.29, 0.717) is 19.6 Å². The molecule has 1 aromatic rings. The Kier molecular flexibility index (Phi) is 3.98. The van der Waals surface area contributed by atoms with Crippen molar-refractivity contribution in [2.45, 2.75) is 51.0 Å². The smallest absolute Gasteiger partial charge is 0.352 e. The normalized spacial score (nSPS) is 27.4. The molecule has 0 radical (unpaired) electrons. The largest absolute Gasteiger partial charge is 0.358 e. The van der Waals surface area contributed by atoms with E-state index in [-0.39, 0.29) is 6.23 Å². The number of nitrogens with zero attached hydrogens (tertiary/aromatic N) is 3. The lowest BCUT2D eigenvalue weighted by Crippen LogP contribution is -2.46. The highest BCUT2D eigenvalue weighted by Crippen LogP contribution is 2.21. The molecule has 3 rings (SSSR count). The van der Waals surface area contributed by atoms with E-state index >= 15 is 0 Å². The van der Waals surface area contributed by atoms with Gasteiger partial charge < -0.3 is 9.47 Å². The molecule has 0 amide bonds. The molecule has 7 heteroatoms. The van der Waals surface area contributed by atoms with Crippen LogP contribution in [0, 0.1) is 0 Å². The van der Waals surface area contributed by atoms with Crippen LogP contribution in [-0.2, 0) is 9.47 Å². The first-order valence-corrected chi connectivity index (χ1v) is 7.21. The summed E-state index contributed by atoms with van der Waals surface area (Å²) in [6.07, 6.45) is 5.69. The molecule has 3 heterocycles. The molecular formula is C13H19N3O4. The molecule has 2 fully saturated rings. The highest BCUT2D eigenvalue weighted by Gasteiger charge is 2.24. The van der Waals surface area contributed by atoms with Gasteiger partial charge in [0.25, 0.3) is 5.56 Å². The number of hydrogen-bond acceptors (Lipinski definition) is 5. The number of hydrogen-bond donors (Lipinski definition) is 0. The average Bonchev–Trinajstić information content (AvgIpc) is 2.49. The van der Waals surface area contributed by atoms with Crippen LogP contribution in [0.2, 0.25) is 0 Å². The van der Waals surface area contributed by atoms with Crippen LogP contribution in [0.5, 0.6) is 0 Å². The zero-order chi connectivity index (χ0) is 13.9. The molecule has 0 aromatic carbocycles. The van der Waals surface area contributed by atoms with Gasteiger partial charge in [0.15, 0.2) is 6.23 Å². The zero-order valence-corrected chi connectivity index (χ0v) is 11.4. The Balaban J connectivity index is 1.96. The van der Waals surface area contributed by atoms with Gasteiger partial charge in [0, 0.05) is 13.2 Å². The summed E-state index contributed by atoms with van der Waals surface area (Å²) in [7, 11) is 0. The summed E-state index contributed by atoms with van der Waals surface area (Å²) in [5.74, 6) is 0. The number of rotatable bonds is 2. The fourth-order valence-corrected chi connectivity index (χ4v) is 2.73. The summed E-state index contributed by atoms with van der Waals surface area (Å²) in [6, 6.07) is 0. The van der Waals surface area contributed by atoms with E-state index < -0.39 is 17.5 Å². The Bertz CT molecular complexity index is 568. The maximum atomic E-state index is 12.5. The molecule has 2 unspecified atom stereocenters. The first-order valence-electron chi connectivity index (χ1n) is 7.21. The Morgan fingerprint density at radius 2 is 1.65 bits per heavy atom. The van der Waals surface area contributed by atoms with E-state index in [0.717, 1.165) is 32.1 Å². The lowest BCUT2D eigenvalue weighted by Gasteiger charge is -2.26. The molecule has 2 saturated heterocycles. The SMILES string of the molecule is O=c1cnn(C2CCCCO2)c(=O)n1C1CCCCO1. The summed E-state index contributed by atoms with van der Waals surface area (Å²) in [6.45, 7) is 1.20.